The highest BCUT2D eigenvalue weighted by atomic mass is 35.5. The summed E-state index contributed by atoms with van der Waals surface area (Å²) in [7, 11) is 0. The second kappa shape index (κ2) is 5.24. The molecular weight excluding hydrogens is 296 g/mol. The SMILES string of the molecule is Clc1ccc(-c2cc3ccccc3c(-n3ccnn3)n2)cc1. The van der Waals surface area contributed by atoms with E-state index in [0.717, 1.165) is 27.8 Å². The van der Waals surface area contributed by atoms with Crippen molar-refractivity contribution in [2.75, 3.05) is 0 Å². The zero-order chi connectivity index (χ0) is 14.9. The number of hydrogen-bond donors (Lipinski definition) is 0. The fraction of sp³-hybridized carbons (Fsp3) is 0. The topological polar surface area (TPSA) is 43.6 Å². The van der Waals surface area contributed by atoms with Crippen molar-refractivity contribution in [3.05, 3.63) is 72.0 Å². The van der Waals surface area contributed by atoms with Crippen LogP contribution in [0.15, 0.2) is 67.0 Å². The lowest BCUT2D eigenvalue weighted by atomic mass is 10.1. The van der Waals surface area contributed by atoms with Gasteiger partial charge in [0.15, 0.2) is 5.82 Å². The molecule has 0 aliphatic rings. The van der Waals surface area contributed by atoms with Crippen LogP contribution < -0.4 is 0 Å². The molecule has 4 rings (SSSR count). The normalized spacial score (nSPS) is 11.0. The molecule has 0 aliphatic heterocycles. The first kappa shape index (κ1) is 13.0. The van der Waals surface area contributed by atoms with Crippen molar-refractivity contribution in [1.82, 2.24) is 20.0 Å². The van der Waals surface area contributed by atoms with Crippen LogP contribution in [0, 0.1) is 0 Å². The molecule has 4 nitrogen and oxygen atoms in total. The number of halogens is 1. The highest BCUT2D eigenvalue weighted by molar-refractivity contribution is 6.30. The highest BCUT2D eigenvalue weighted by Crippen LogP contribution is 2.27. The van der Waals surface area contributed by atoms with E-state index in [1.165, 1.54) is 0 Å². The van der Waals surface area contributed by atoms with Gasteiger partial charge in [-0.05, 0) is 23.6 Å². The Morgan fingerprint density at radius 2 is 1.77 bits per heavy atom. The van der Waals surface area contributed by atoms with Gasteiger partial charge in [0.2, 0.25) is 0 Å². The summed E-state index contributed by atoms with van der Waals surface area (Å²) < 4.78 is 1.68. The summed E-state index contributed by atoms with van der Waals surface area (Å²) in [6.45, 7) is 0. The molecule has 0 bridgehead atoms. The fourth-order valence-corrected chi connectivity index (χ4v) is 2.57. The smallest absolute Gasteiger partial charge is 0.163 e. The summed E-state index contributed by atoms with van der Waals surface area (Å²) in [5, 5.41) is 10.8. The van der Waals surface area contributed by atoms with Gasteiger partial charge in [0, 0.05) is 16.0 Å². The third-order valence-corrected chi connectivity index (χ3v) is 3.75. The van der Waals surface area contributed by atoms with E-state index < -0.39 is 0 Å². The first-order valence-electron chi connectivity index (χ1n) is 6.84. The van der Waals surface area contributed by atoms with Gasteiger partial charge in [-0.1, -0.05) is 53.2 Å². The molecule has 2 aromatic heterocycles. The second-order valence-electron chi connectivity index (χ2n) is 4.91. The molecule has 2 aromatic carbocycles. The summed E-state index contributed by atoms with van der Waals surface area (Å²) >= 11 is 5.96. The number of benzene rings is 2. The van der Waals surface area contributed by atoms with Gasteiger partial charge < -0.3 is 0 Å². The van der Waals surface area contributed by atoms with Crippen molar-refractivity contribution in [2.24, 2.45) is 0 Å². The van der Waals surface area contributed by atoms with E-state index in [0.29, 0.717) is 5.02 Å². The second-order valence-corrected chi connectivity index (χ2v) is 5.34. The summed E-state index contributed by atoms with van der Waals surface area (Å²) in [6, 6.07) is 17.8. The molecule has 22 heavy (non-hydrogen) atoms. The third kappa shape index (κ3) is 2.23. The van der Waals surface area contributed by atoms with Crippen LogP contribution in [0.4, 0.5) is 0 Å². The molecule has 0 N–H and O–H groups in total. The Morgan fingerprint density at radius 1 is 0.955 bits per heavy atom. The van der Waals surface area contributed by atoms with Crippen molar-refractivity contribution in [1.29, 1.82) is 0 Å². The van der Waals surface area contributed by atoms with Crippen molar-refractivity contribution in [2.45, 2.75) is 0 Å². The summed E-state index contributed by atoms with van der Waals surface area (Å²) in [4.78, 5) is 4.76. The van der Waals surface area contributed by atoms with Gasteiger partial charge in [0.25, 0.3) is 0 Å². The Labute approximate surface area is 132 Å². The molecule has 2 heterocycles. The fourth-order valence-electron chi connectivity index (χ4n) is 2.44. The lowest BCUT2D eigenvalue weighted by Gasteiger charge is -2.09. The standard InChI is InChI=1S/C17H11ClN4/c18-14-7-5-12(6-8-14)16-11-13-3-1-2-4-15(13)17(20-16)22-10-9-19-21-22/h1-11H. The Kier molecular flexibility index (Phi) is 3.09. The van der Waals surface area contributed by atoms with Crippen molar-refractivity contribution in [3.63, 3.8) is 0 Å². The number of fused-ring (bicyclic) bond motifs is 1. The monoisotopic (exact) mass is 306 g/mol. The molecule has 0 spiro atoms. The van der Waals surface area contributed by atoms with Gasteiger partial charge >= 0.3 is 0 Å². The number of aromatic nitrogens is 4. The summed E-state index contributed by atoms with van der Waals surface area (Å²) in [5.41, 5.74) is 1.89. The van der Waals surface area contributed by atoms with Crippen molar-refractivity contribution < 1.29 is 0 Å². The maximum atomic E-state index is 5.96. The maximum absolute atomic E-state index is 5.96. The number of pyridine rings is 1. The van der Waals surface area contributed by atoms with Crippen LogP contribution in [0.3, 0.4) is 0 Å². The first-order chi connectivity index (χ1) is 10.8. The van der Waals surface area contributed by atoms with E-state index in [2.05, 4.69) is 22.4 Å². The molecule has 0 amide bonds. The van der Waals surface area contributed by atoms with Crippen LogP contribution in [0.5, 0.6) is 0 Å². The Bertz CT molecular complexity index is 931. The predicted octanol–water partition coefficient (Wildman–Crippen LogP) is 4.14. The van der Waals surface area contributed by atoms with Gasteiger partial charge in [0.05, 0.1) is 18.1 Å². The van der Waals surface area contributed by atoms with Gasteiger partial charge in [-0.2, -0.15) is 0 Å². The number of rotatable bonds is 2. The lowest BCUT2D eigenvalue weighted by Crippen LogP contribution is -2.01. The quantitative estimate of drug-likeness (QED) is 0.559. The molecule has 5 heteroatoms. The van der Waals surface area contributed by atoms with Crippen molar-refractivity contribution in [3.8, 4) is 17.1 Å². The van der Waals surface area contributed by atoms with Crippen LogP contribution in [-0.2, 0) is 0 Å². The van der Waals surface area contributed by atoms with E-state index in [1.807, 2.05) is 42.5 Å². The molecule has 0 radical (unpaired) electrons. The van der Waals surface area contributed by atoms with Gasteiger partial charge in [-0.3, -0.25) is 0 Å². The lowest BCUT2D eigenvalue weighted by molar-refractivity contribution is 0.788. The van der Waals surface area contributed by atoms with Crippen LogP contribution in [0.1, 0.15) is 0 Å². The average molecular weight is 307 g/mol. The molecule has 4 aromatic rings. The van der Waals surface area contributed by atoms with Crippen LogP contribution in [0.2, 0.25) is 5.02 Å². The van der Waals surface area contributed by atoms with E-state index >= 15 is 0 Å². The van der Waals surface area contributed by atoms with E-state index in [1.54, 1.807) is 17.1 Å². The van der Waals surface area contributed by atoms with Crippen LogP contribution >= 0.6 is 11.6 Å². The third-order valence-electron chi connectivity index (χ3n) is 3.50. The van der Waals surface area contributed by atoms with Crippen LogP contribution in [-0.4, -0.2) is 20.0 Å². The molecule has 0 aliphatic carbocycles. The number of hydrogen-bond acceptors (Lipinski definition) is 3. The first-order valence-corrected chi connectivity index (χ1v) is 7.21. The zero-order valence-corrected chi connectivity index (χ0v) is 12.3. The highest BCUT2D eigenvalue weighted by Gasteiger charge is 2.09. The van der Waals surface area contributed by atoms with Crippen LogP contribution in [0.25, 0.3) is 27.8 Å². The molecule has 0 atom stereocenters. The van der Waals surface area contributed by atoms with Gasteiger partial charge in [-0.25, -0.2) is 9.67 Å². The van der Waals surface area contributed by atoms with E-state index in [-0.39, 0.29) is 0 Å². The predicted molar refractivity (Wildman–Crippen MR) is 87.1 cm³/mol. The Morgan fingerprint density at radius 3 is 2.55 bits per heavy atom. The maximum Gasteiger partial charge on any atom is 0.163 e. The Balaban J connectivity index is 1.99. The minimum atomic E-state index is 0.709. The van der Waals surface area contributed by atoms with E-state index in [9.17, 15) is 0 Å². The minimum Gasteiger partial charge on any atom is -0.228 e. The molecule has 0 saturated heterocycles. The minimum absolute atomic E-state index is 0.709. The van der Waals surface area contributed by atoms with Gasteiger partial charge in [-0.15, -0.1) is 5.10 Å². The van der Waals surface area contributed by atoms with E-state index in [4.69, 9.17) is 16.6 Å². The van der Waals surface area contributed by atoms with Gasteiger partial charge in [0.1, 0.15) is 0 Å². The summed E-state index contributed by atoms with van der Waals surface area (Å²) in [6.07, 6.45) is 3.44. The summed E-state index contributed by atoms with van der Waals surface area (Å²) in [5.74, 6) is 0.764. The molecule has 0 saturated carbocycles. The largest absolute Gasteiger partial charge is 0.228 e. The molecule has 106 valence electrons. The number of nitrogens with zero attached hydrogens (tertiary/aromatic N) is 4. The molecule has 0 unspecified atom stereocenters. The zero-order valence-electron chi connectivity index (χ0n) is 11.5. The average Bonchev–Trinajstić information content (AvgIpc) is 3.09. The molecule has 0 fully saturated rings. The Hall–Kier alpha value is -2.72. The van der Waals surface area contributed by atoms with Crippen molar-refractivity contribution >= 4 is 22.4 Å². The molecular formula is C17H11ClN4.